The Morgan fingerprint density at radius 1 is 1.05 bits per heavy atom. The third-order valence-corrected chi connectivity index (χ3v) is 3.52. The van der Waals surface area contributed by atoms with Crippen molar-refractivity contribution in [2.75, 3.05) is 12.4 Å². The summed E-state index contributed by atoms with van der Waals surface area (Å²) in [5.41, 5.74) is 1.12. The summed E-state index contributed by atoms with van der Waals surface area (Å²) in [4.78, 5) is 8.62. The molecule has 0 bridgehead atoms. The van der Waals surface area contributed by atoms with Gasteiger partial charge in [-0.25, -0.2) is 4.98 Å². The lowest BCUT2D eigenvalue weighted by Crippen LogP contribution is -2.08. The molecule has 0 amide bonds. The number of pyridine rings is 2. The first kappa shape index (κ1) is 13.4. The van der Waals surface area contributed by atoms with Gasteiger partial charge in [-0.1, -0.05) is 18.2 Å². The van der Waals surface area contributed by atoms with E-state index < -0.39 is 0 Å². The molecule has 1 unspecified atom stereocenters. The fraction of sp³-hybridized carbons (Fsp3) is 0.176. The van der Waals surface area contributed by atoms with Gasteiger partial charge in [-0.05, 0) is 30.7 Å². The zero-order valence-electron chi connectivity index (χ0n) is 12.1. The van der Waals surface area contributed by atoms with Crippen molar-refractivity contribution in [2.45, 2.75) is 13.0 Å². The number of nitrogens with zero attached hydrogens (tertiary/aromatic N) is 2. The van der Waals surface area contributed by atoms with E-state index in [0.29, 0.717) is 0 Å². The van der Waals surface area contributed by atoms with E-state index in [-0.39, 0.29) is 6.04 Å². The van der Waals surface area contributed by atoms with Crippen LogP contribution < -0.4 is 10.1 Å². The first-order valence-corrected chi connectivity index (χ1v) is 6.88. The summed E-state index contributed by atoms with van der Waals surface area (Å²) in [6.45, 7) is 2.09. The topological polar surface area (TPSA) is 47.0 Å². The van der Waals surface area contributed by atoms with Crippen LogP contribution >= 0.6 is 0 Å². The molecule has 4 heteroatoms. The molecule has 0 radical (unpaired) electrons. The highest BCUT2D eigenvalue weighted by Gasteiger charge is 2.10. The second kappa shape index (κ2) is 5.79. The molecule has 3 aromatic rings. The third kappa shape index (κ3) is 2.65. The minimum absolute atomic E-state index is 0.128. The molecule has 2 heterocycles. The fourth-order valence-electron chi connectivity index (χ4n) is 2.39. The summed E-state index contributed by atoms with van der Waals surface area (Å²) in [7, 11) is 1.68. The van der Waals surface area contributed by atoms with Crippen molar-refractivity contribution in [3.05, 3.63) is 60.6 Å². The Kier molecular flexibility index (Phi) is 3.69. The van der Waals surface area contributed by atoms with Gasteiger partial charge in [0.1, 0.15) is 11.6 Å². The maximum absolute atomic E-state index is 5.41. The Morgan fingerprint density at radius 2 is 1.95 bits per heavy atom. The van der Waals surface area contributed by atoms with Crippen LogP contribution in [0.3, 0.4) is 0 Å². The molecule has 106 valence electrons. The highest BCUT2D eigenvalue weighted by atomic mass is 16.5. The second-order valence-corrected chi connectivity index (χ2v) is 4.87. The zero-order valence-corrected chi connectivity index (χ0v) is 12.1. The molecular weight excluding hydrogens is 262 g/mol. The summed E-state index contributed by atoms with van der Waals surface area (Å²) < 4.78 is 5.41. The van der Waals surface area contributed by atoms with Crippen molar-refractivity contribution in [1.82, 2.24) is 9.97 Å². The van der Waals surface area contributed by atoms with Crippen molar-refractivity contribution in [3.63, 3.8) is 0 Å². The van der Waals surface area contributed by atoms with E-state index in [1.807, 2.05) is 36.5 Å². The molecule has 0 saturated carbocycles. The highest BCUT2D eigenvalue weighted by molar-refractivity contribution is 5.95. The molecule has 0 spiro atoms. The van der Waals surface area contributed by atoms with Crippen molar-refractivity contribution >= 4 is 16.6 Å². The SMILES string of the molecule is COc1cccc2c(NC(C)c3cccnc3)nccc12. The molecule has 0 aliphatic heterocycles. The number of hydrogen-bond donors (Lipinski definition) is 1. The number of fused-ring (bicyclic) bond motifs is 1. The molecule has 0 aliphatic carbocycles. The van der Waals surface area contributed by atoms with Gasteiger partial charge in [0.25, 0.3) is 0 Å². The van der Waals surface area contributed by atoms with Crippen LogP contribution in [0.4, 0.5) is 5.82 Å². The van der Waals surface area contributed by atoms with Gasteiger partial charge >= 0.3 is 0 Å². The van der Waals surface area contributed by atoms with Gasteiger partial charge in [-0.2, -0.15) is 0 Å². The maximum atomic E-state index is 5.41. The monoisotopic (exact) mass is 279 g/mol. The highest BCUT2D eigenvalue weighted by Crippen LogP contribution is 2.30. The van der Waals surface area contributed by atoms with Gasteiger partial charge in [0.05, 0.1) is 13.2 Å². The number of ether oxygens (including phenoxy) is 1. The molecule has 21 heavy (non-hydrogen) atoms. The van der Waals surface area contributed by atoms with Gasteiger partial charge in [-0.3, -0.25) is 4.98 Å². The molecular formula is C17H17N3O. The number of aromatic nitrogens is 2. The Hall–Kier alpha value is -2.62. The second-order valence-electron chi connectivity index (χ2n) is 4.87. The van der Waals surface area contributed by atoms with Crippen molar-refractivity contribution < 1.29 is 4.74 Å². The van der Waals surface area contributed by atoms with Gasteiger partial charge < -0.3 is 10.1 Å². The lowest BCUT2D eigenvalue weighted by molar-refractivity contribution is 0.420. The van der Waals surface area contributed by atoms with Gasteiger partial charge in [0.15, 0.2) is 0 Å². The third-order valence-electron chi connectivity index (χ3n) is 3.52. The van der Waals surface area contributed by atoms with E-state index in [1.165, 1.54) is 0 Å². The van der Waals surface area contributed by atoms with Crippen LogP contribution in [0.1, 0.15) is 18.5 Å². The number of benzene rings is 1. The molecule has 1 aromatic carbocycles. The number of hydrogen-bond acceptors (Lipinski definition) is 4. The Morgan fingerprint density at radius 3 is 2.71 bits per heavy atom. The molecule has 1 atom stereocenters. The van der Waals surface area contributed by atoms with Crippen LogP contribution in [-0.2, 0) is 0 Å². The van der Waals surface area contributed by atoms with E-state index in [0.717, 1.165) is 27.9 Å². The number of methoxy groups -OCH3 is 1. The average Bonchev–Trinajstić information content (AvgIpc) is 2.55. The van der Waals surface area contributed by atoms with E-state index in [4.69, 9.17) is 4.74 Å². The molecule has 2 aromatic heterocycles. The summed E-state index contributed by atoms with van der Waals surface area (Å²) >= 11 is 0. The zero-order chi connectivity index (χ0) is 14.7. The summed E-state index contributed by atoms with van der Waals surface area (Å²) in [5.74, 6) is 1.70. The molecule has 0 fully saturated rings. The quantitative estimate of drug-likeness (QED) is 0.789. The van der Waals surface area contributed by atoms with Gasteiger partial charge in [-0.15, -0.1) is 0 Å². The molecule has 3 rings (SSSR count). The normalized spacial score (nSPS) is 12.1. The lowest BCUT2D eigenvalue weighted by Gasteiger charge is -2.16. The maximum Gasteiger partial charge on any atom is 0.134 e. The Balaban J connectivity index is 1.98. The number of nitrogens with one attached hydrogen (secondary N) is 1. The molecule has 0 saturated heterocycles. The standard InChI is InChI=1S/C17H17N3O/c1-12(13-5-4-9-18-11-13)20-17-15-6-3-7-16(21-2)14(15)8-10-19-17/h3-12H,1-2H3,(H,19,20). The van der Waals surface area contributed by atoms with E-state index >= 15 is 0 Å². The van der Waals surface area contributed by atoms with Gasteiger partial charge in [0.2, 0.25) is 0 Å². The van der Waals surface area contributed by atoms with E-state index in [1.54, 1.807) is 19.5 Å². The average molecular weight is 279 g/mol. The van der Waals surface area contributed by atoms with E-state index in [9.17, 15) is 0 Å². The minimum atomic E-state index is 0.128. The van der Waals surface area contributed by atoms with Crippen LogP contribution in [0.5, 0.6) is 5.75 Å². The Labute approximate surface area is 123 Å². The lowest BCUT2D eigenvalue weighted by atomic mass is 10.1. The fourth-order valence-corrected chi connectivity index (χ4v) is 2.39. The van der Waals surface area contributed by atoms with Crippen LogP contribution in [0.2, 0.25) is 0 Å². The van der Waals surface area contributed by atoms with Gasteiger partial charge in [0, 0.05) is 29.4 Å². The molecule has 1 N–H and O–H groups in total. The van der Waals surface area contributed by atoms with Crippen molar-refractivity contribution in [1.29, 1.82) is 0 Å². The predicted molar refractivity (Wildman–Crippen MR) is 84.6 cm³/mol. The van der Waals surface area contributed by atoms with Crippen LogP contribution in [-0.4, -0.2) is 17.1 Å². The number of rotatable bonds is 4. The summed E-state index contributed by atoms with van der Waals surface area (Å²) in [6.07, 6.45) is 5.43. The summed E-state index contributed by atoms with van der Waals surface area (Å²) in [6, 6.07) is 12.1. The smallest absolute Gasteiger partial charge is 0.134 e. The predicted octanol–water partition coefficient (Wildman–Crippen LogP) is 3.81. The van der Waals surface area contributed by atoms with Crippen LogP contribution in [0, 0.1) is 0 Å². The van der Waals surface area contributed by atoms with Crippen LogP contribution in [0.15, 0.2) is 55.0 Å². The van der Waals surface area contributed by atoms with Crippen molar-refractivity contribution in [3.8, 4) is 5.75 Å². The van der Waals surface area contributed by atoms with Crippen LogP contribution in [0.25, 0.3) is 10.8 Å². The van der Waals surface area contributed by atoms with E-state index in [2.05, 4.69) is 28.3 Å². The largest absolute Gasteiger partial charge is 0.496 e. The minimum Gasteiger partial charge on any atom is -0.496 e. The summed E-state index contributed by atoms with van der Waals surface area (Å²) in [5, 5.41) is 5.55. The Bertz CT molecular complexity index is 743. The first-order chi connectivity index (χ1) is 10.3. The molecule has 4 nitrogen and oxygen atoms in total. The molecule has 0 aliphatic rings. The van der Waals surface area contributed by atoms with Crippen molar-refractivity contribution in [2.24, 2.45) is 0 Å². The first-order valence-electron chi connectivity index (χ1n) is 6.88. The number of anilines is 1.